The summed E-state index contributed by atoms with van der Waals surface area (Å²) in [4.78, 5) is 31.6. The second-order valence-corrected chi connectivity index (χ2v) is 5.71. The van der Waals surface area contributed by atoms with Gasteiger partial charge in [0.05, 0.1) is 5.41 Å². The highest BCUT2D eigenvalue weighted by molar-refractivity contribution is 5.95. The van der Waals surface area contributed by atoms with Crippen LogP contribution in [0.2, 0.25) is 0 Å². The van der Waals surface area contributed by atoms with Gasteiger partial charge in [-0.2, -0.15) is 0 Å². The van der Waals surface area contributed by atoms with Crippen LogP contribution in [-0.4, -0.2) is 54.1 Å². The molecule has 1 unspecified atom stereocenters. The fourth-order valence-electron chi connectivity index (χ4n) is 2.64. The zero-order valence-electron chi connectivity index (χ0n) is 12.7. The summed E-state index contributed by atoms with van der Waals surface area (Å²) in [5.41, 5.74) is -0.251. The van der Waals surface area contributed by atoms with E-state index in [1.165, 1.54) is 0 Å². The second kappa shape index (κ2) is 5.71. The maximum Gasteiger partial charge on any atom is 0.311 e. The minimum atomic E-state index is -0.816. The highest BCUT2D eigenvalue weighted by Crippen LogP contribution is 2.34. The Bertz CT molecular complexity index is 559. The molecule has 1 saturated heterocycles. The number of carbonyl (C=O) groups excluding carboxylic acids is 1. The molecule has 2 rings (SSSR count). The van der Waals surface area contributed by atoms with Crippen LogP contribution in [0.4, 0.5) is 5.82 Å². The van der Waals surface area contributed by atoms with Crippen LogP contribution in [0.25, 0.3) is 0 Å². The zero-order valence-corrected chi connectivity index (χ0v) is 12.7. The quantitative estimate of drug-likeness (QED) is 0.909. The fourth-order valence-corrected chi connectivity index (χ4v) is 2.64. The van der Waals surface area contributed by atoms with Crippen molar-refractivity contribution in [1.29, 1.82) is 0 Å². The van der Waals surface area contributed by atoms with Crippen molar-refractivity contribution in [2.24, 2.45) is 5.41 Å². The van der Waals surface area contributed by atoms with Crippen molar-refractivity contribution in [3.05, 3.63) is 23.9 Å². The predicted octanol–water partition coefficient (Wildman–Crippen LogP) is 1.47. The predicted molar refractivity (Wildman–Crippen MR) is 79.4 cm³/mol. The summed E-state index contributed by atoms with van der Waals surface area (Å²) < 4.78 is 0. The number of hydrogen-bond acceptors (Lipinski definition) is 4. The van der Waals surface area contributed by atoms with Crippen molar-refractivity contribution in [2.75, 3.05) is 32.1 Å². The molecule has 6 heteroatoms. The van der Waals surface area contributed by atoms with E-state index in [0.717, 1.165) is 0 Å². The summed E-state index contributed by atoms with van der Waals surface area (Å²) >= 11 is 0. The van der Waals surface area contributed by atoms with E-state index >= 15 is 0 Å². The topological polar surface area (TPSA) is 73.7 Å². The third-order valence-corrected chi connectivity index (χ3v) is 4.22. The van der Waals surface area contributed by atoms with Gasteiger partial charge in [-0.15, -0.1) is 0 Å². The molecular formula is C15H21N3O3. The molecule has 1 atom stereocenters. The normalized spacial score (nSPS) is 21.4. The molecule has 1 aromatic rings. The van der Waals surface area contributed by atoms with Gasteiger partial charge in [-0.1, -0.05) is 6.92 Å². The van der Waals surface area contributed by atoms with Gasteiger partial charge in [0.15, 0.2) is 0 Å². The molecule has 0 bridgehead atoms. The van der Waals surface area contributed by atoms with Gasteiger partial charge in [0.1, 0.15) is 5.82 Å². The van der Waals surface area contributed by atoms with Crippen molar-refractivity contribution in [3.8, 4) is 0 Å². The zero-order chi connectivity index (χ0) is 15.6. The molecule has 0 spiro atoms. The lowest BCUT2D eigenvalue weighted by molar-refractivity contribution is -0.148. The van der Waals surface area contributed by atoms with Crippen LogP contribution in [0.15, 0.2) is 18.3 Å². The number of anilines is 1. The van der Waals surface area contributed by atoms with Crippen molar-refractivity contribution < 1.29 is 14.7 Å². The van der Waals surface area contributed by atoms with Crippen LogP contribution in [0.3, 0.4) is 0 Å². The Morgan fingerprint density at radius 3 is 2.71 bits per heavy atom. The molecule has 1 aromatic heterocycles. The van der Waals surface area contributed by atoms with Crippen molar-refractivity contribution in [2.45, 2.75) is 19.8 Å². The van der Waals surface area contributed by atoms with Gasteiger partial charge in [0.2, 0.25) is 0 Å². The molecule has 21 heavy (non-hydrogen) atoms. The molecular weight excluding hydrogens is 270 g/mol. The first kappa shape index (κ1) is 15.3. The van der Waals surface area contributed by atoms with Gasteiger partial charge in [-0.3, -0.25) is 9.59 Å². The van der Waals surface area contributed by atoms with E-state index in [0.29, 0.717) is 30.8 Å². The molecule has 0 radical (unpaired) electrons. The Morgan fingerprint density at radius 2 is 2.19 bits per heavy atom. The molecule has 1 amide bonds. The Labute approximate surface area is 124 Å². The summed E-state index contributed by atoms with van der Waals surface area (Å²) in [7, 11) is 3.72. The lowest BCUT2D eigenvalue weighted by atomic mass is 9.84. The minimum Gasteiger partial charge on any atom is -0.481 e. The highest BCUT2D eigenvalue weighted by Gasteiger charge is 2.44. The molecule has 114 valence electrons. The number of pyridine rings is 1. The molecule has 1 aliphatic heterocycles. The first-order valence-electron chi connectivity index (χ1n) is 7.05. The van der Waals surface area contributed by atoms with Gasteiger partial charge in [0, 0.05) is 38.9 Å². The van der Waals surface area contributed by atoms with Crippen LogP contribution in [0.5, 0.6) is 0 Å². The third-order valence-electron chi connectivity index (χ3n) is 4.22. The third kappa shape index (κ3) is 2.84. The summed E-state index contributed by atoms with van der Waals surface area (Å²) in [6.07, 6.45) is 2.64. The first-order valence-corrected chi connectivity index (χ1v) is 7.05. The van der Waals surface area contributed by atoms with Crippen LogP contribution in [-0.2, 0) is 4.79 Å². The largest absolute Gasteiger partial charge is 0.481 e. The average molecular weight is 291 g/mol. The van der Waals surface area contributed by atoms with E-state index in [-0.39, 0.29) is 12.5 Å². The van der Waals surface area contributed by atoms with Crippen molar-refractivity contribution >= 4 is 17.7 Å². The number of carboxylic acids is 1. The highest BCUT2D eigenvalue weighted by atomic mass is 16.4. The Kier molecular flexibility index (Phi) is 4.16. The molecule has 0 aromatic carbocycles. The maximum absolute atomic E-state index is 12.5. The number of amides is 1. The SMILES string of the molecule is CCC1(C(=O)O)CCN(C(=O)c2ccnc(N(C)C)c2)C1. The fraction of sp³-hybridized carbons (Fsp3) is 0.533. The standard InChI is InChI=1S/C15H21N3O3/c1-4-15(14(20)21)6-8-18(10-15)13(19)11-5-7-16-12(9-11)17(2)3/h5,7,9H,4,6,8,10H2,1-3H3,(H,20,21). The lowest BCUT2D eigenvalue weighted by Crippen LogP contribution is -2.36. The lowest BCUT2D eigenvalue weighted by Gasteiger charge is -2.23. The van der Waals surface area contributed by atoms with E-state index in [1.807, 2.05) is 25.9 Å². The number of aromatic nitrogens is 1. The van der Waals surface area contributed by atoms with Gasteiger partial charge < -0.3 is 14.9 Å². The van der Waals surface area contributed by atoms with E-state index in [9.17, 15) is 14.7 Å². The number of nitrogens with zero attached hydrogens (tertiary/aromatic N) is 3. The molecule has 1 aliphatic rings. The van der Waals surface area contributed by atoms with E-state index in [1.54, 1.807) is 23.2 Å². The van der Waals surface area contributed by atoms with Crippen LogP contribution in [0, 0.1) is 5.41 Å². The molecule has 1 N–H and O–H groups in total. The van der Waals surface area contributed by atoms with Crippen molar-refractivity contribution in [3.63, 3.8) is 0 Å². The minimum absolute atomic E-state index is 0.128. The van der Waals surface area contributed by atoms with E-state index in [4.69, 9.17) is 0 Å². The van der Waals surface area contributed by atoms with Gasteiger partial charge in [-0.05, 0) is 25.0 Å². The summed E-state index contributed by atoms with van der Waals surface area (Å²) in [6, 6.07) is 3.40. The maximum atomic E-state index is 12.5. The monoisotopic (exact) mass is 291 g/mol. The number of rotatable bonds is 4. The van der Waals surface area contributed by atoms with E-state index < -0.39 is 11.4 Å². The number of carboxylic acid groups (broad SMARTS) is 1. The number of hydrogen-bond donors (Lipinski definition) is 1. The van der Waals surface area contributed by atoms with Crippen LogP contribution >= 0.6 is 0 Å². The number of carbonyl (C=O) groups is 2. The molecule has 1 fully saturated rings. The van der Waals surface area contributed by atoms with E-state index in [2.05, 4.69) is 4.98 Å². The van der Waals surface area contributed by atoms with Crippen molar-refractivity contribution in [1.82, 2.24) is 9.88 Å². The summed E-state index contributed by atoms with van der Waals surface area (Å²) in [6.45, 7) is 2.62. The van der Waals surface area contributed by atoms with Gasteiger partial charge in [0.25, 0.3) is 5.91 Å². The molecule has 2 heterocycles. The Hall–Kier alpha value is -2.11. The number of likely N-dealkylation sites (tertiary alicyclic amines) is 1. The van der Waals surface area contributed by atoms with Gasteiger partial charge in [-0.25, -0.2) is 4.98 Å². The molecule has 6 nitrogen and oxygen atoms in total. The van der Waals surface area contributed by atoms with Gasteiger partial charge >= 0.3 is 5.97 Å². The van der Waals surface area contributed by atoms with Crippen LogP contribution < -0.4 is 4.90 Å². The summed E-state index contributed by atoms with van der Waals surface area (Å²) in [5, 5.41) is 9.40. The smallest absolute Gasteiger partial charge is 0.311 e. The molecule has 0 saturated carbocycles. The molecule has 0 aliphatic carbocycles. The Morgan fingerprint density at radius 1 is 1.48 bits per heavy atom. The number of aliphatic carboxylic acids is 1. The van der Waals surface area contributed by atoms with Crippen LogP contribution in [0.1, 0.15) is 30.1 Å². The first-order chi connectivity index (χ1) is 9.89. The summed E-state index contributed by atoms with van der Waals surface area (Å²) in [5.74, 6) is -0.235. The second-order valence-electron chi connectivity index (χ2n) is 5.71. The average Bonchev–Trinajstić information content (AvgIpc) is 2.92. The Balaban J connectivity index is 2.19.